The summed E-state index contributed by atoms with van der Waals surface area (Å²) in [6, 6.07) is 16.4. The lowest BCUT2D eigenvalue weighted by Crippen LogP contribution is -2.14. The maximum atomic E-state index is 12.4. The van der Waals surface area contributed by atoms with E-state index in [4.69, 9.17) is 0 Å². The maximum absolute atomic E-state index is 12.4. The summed E-state index contributed by atoms with van der Waals surface area (Å²) in [5.74, 6) is 0.142. The molecule has 0 bridgehead atoms. The average molecular weight is 398 g/mol. The lowest BCUT2D eigenvalue weighted by Gasteiger charge is -2.07. The highest BCUT2D eigenvalue weighted by Gasteiger charge is 2.30. The first-order chi connectivity index (χ1) is 14.7. The second kappa shape index (κ2) is 7.40. The maximum Gasteiger partial charge on any atom is 0.255 e. The molecule has 0 atom stereocenters. The highest BCUT2D eigenvalue weighted by molar-refractivity contribution is 6.04. The first-order valence-corrected chi connectivity index (χ1v) is 9.66. The second-order valence-electron chi connectivity index (χ2n) is 7.15. The van der Waals surface area contributed by atoms with Crippen LogP contribution in [0.25, 0.3) is 16.9 Å². The molecule has 1 aliphatic rings. The van der Waals surface area contributed by atoms with Crippen molar-refractivity contribution in [2.45, 2.75) is 12.8 Å². The van der Waals surface area contributed by atoms with Crippen LogP contribution in [-0.2, 0) is 4.79 Å². The molecule has 3 heterocycles. The third-order valence-corrected chi connectivity index (χ3v) is 4.91. The summed E-state index contributed by atoms with van der Waals surface area (Å²) in [5, 5.41) is 10.0. The van der Waals surface area contributed by atoms with Crippen molar-refractivity contribution >= 4 is 29.1 Å². The van der Waals surface area contributed by atoms with Gasteiger partial charge in [0.05, 0.1) is 17.6 Å². The van der Waals surface area contributed by atoms with E-state index in [-0.39, 0.29) is 17.7 Å². The minimum Gasteiger partial charge on any atom is -0.321 e. The van der Waals surface area contributed by atoms with Crippen LogP contribution in [0.15, 0.2) is 67.0 Å². The minimum atomic E-state index is -0.210. The number of nitrogens with one attached hydrogen (secondary N) is 2. The fourth-order valence-corrected chi connectivity index (χ4v) is 3.17. The minimum absolute atomic E-state index is 0.0311. The average Bonchev–Trinajstić information content (AvgIpc) is 3.54. The molecule has 0 spiro atoms. The van der Waals surface area contributed by atoms with Crippen LogP contribution in [0.4, 0.5) is 11.6 Å². The highest BCUT2D eigenvalue weighted by atomic mass is 16.2. The molecular formula is C22H18N6O2. The second-order valence-corrected chi connectivity index (χ2v) is 7.15. The summed E-state index contributed by atoms with van der Waals surface area (Å²) in [6.45, 7) is 0. The van der Waals surface area contributed by atoms with Crippen molar-refractivity contribution in [1.82, 2.24) is 19.6 Å². The molecule has 4 aromatic rings. The van der Waals surface area contributed by atoms with E-state index in [9.17, 15) is 9.59 Å². The van der Waals surface area contributed by atoms with Crippen molar-refractivity contribution in [3.05, 3.63) is 72.6 Å². The number of anilines is 2. The van der Waals surface area contributed by atoms with Gasteiger partial charge in [-0.1, -0.05) is 18.2 Å². The summed E-state index contributed by atoms with van der Waals surface area (Å²) < 4.78 is 1.69. The molecule has 0 saturated heterocycles. The zero-order chi connectivity index (χ0) is 20.5. The van der Waals surface area contributed by atoms with Gasteiger partial charge in [0.15, 0.2) is 5.65 Å². The molecule has 0 radical (unpaired) electrons. The molecule has 1 saturated carbocycles. The van der Waals surface area contributed by atoms with E-state index >= 15 is 0 Å². The number of aromatic nitrogens is 4. The summed E-state index contributed by atoms with van der Waals surface area (Å²) >= 11 is 0. The number of hydrogen-bond donors (Lipinski definition) is 2. The Morgan fingerprint density at radius 1 is 0.967 bits per heavy atom. The quantitative estimate of drug-likeness (QED) is 0.537. The predicted molar refractivity (Wildman–Crippen MR) is 112 cm³/mol. The van der Waals surface area contributed by atoms with E-state index in [1.54, 1.807) is 41.2 Å². The molecule has 1 aromatic carbocycles. The topological polar surface area (TPSA) is 101 Å². The van der Waals surface area contributed by atoms with Crippen molar-refractivity contribution in [2.24, 2.45) is 5.92 Å². The molecule has 148 valence electrons. The standard InChI is InChI=1S/C22H18N6O2/c29-20(24-17-3-2-12-23-13-17)15-8-6-14(7-9-15)18-4-1-5-19-25-22(27-28(18)19)26-21(30)16-10-11-16/h1-9,12-13,16H,10-11H2,(H,24,29)(H,26,27,30). The lowest BCUT2D eigenvalue weighted by atomic mass is 10.1. The van der Waals surface area contributed by atoms with Gasteiger partial charge in [0.2, 0.25) is 11.9 Å². The number of pyridine rings is 2. The third-order valence-electron chi connectivity index (χ3n) is 4.91. The molecule has 2 amide bonds. The number of nitrogens with zero attached hydrogens (tertiary/aromatic N) is 4. The zero-order valence-electron chi connectivity index (χ0n) is 15.9. The number of carbonyl (C=O) groups excluding carboxylic acids is 2. The summed E-state index contributed by atoms with van der Waals surface area (Å²) in [6.07, 6.45) is 5.09. The van der Waals surface area contributed by atoms with Gasteiger partial charge in [0.1, 0.15) is 0 Å². The monoisotopic (exact) mass is 398 g/mol. The molecule has 8 nitrogen and oxygen atoms in total. The van der Waals surface area contributed by atoms with Gasteiger partial charge in [0, 0.05) is 23.2 Å². The predicted octanol–water partition coefficient (Wildman–Crippen LogP) is 3.39. The van der Waals surface area contributed by atoms with Gasteiger partial charge in [0.25, 0.3) is 5.91 Å². The van der Waals surface area contributed by atoms with Gasteiger partial charge >= 0.3 is 0 Å². The fourth-order valence-electron chi connectivity index (χ4n) is 3.17. The van der Waals surface area contributed by atoms with Crippen molar-refractivity contribution in [1.29, 1.82) is 0 Å². The van der Waals surface area contributed by atoms with Gasteiger partial charge in [-0.25, -0.2) is 4.52 Å². The molecule has 0 unspecified atom stereocenters. The van der Waals surface area contributed by atoms with E-state index in [1.165, 1.54) is 0 Å². The van der Waals surface area contributed by atoms with Crippen LogP contribution >= 0.6 is 0 Å². The van der Waals surface area contributed by atoms with E-state index in [2.05, 4.69) is 25.7 Å². The summed E-state index contributed by atoms with van der Waals surface area (Å²) in [4.78, 5) is 32.8. The molecule has 3 aromatic heterocycles. The third kappa shape index (κ3) is 3.62. The first kappa shape index (κ1) is 18.0. The Morgan fingerprint density at radius 2 is 1.80 bits per heavy atom. The Kier molecular flexibility index (Phi) is 4.44. The number of benzene rings is 1. The molecule has 1 aliphatic carbocycles. The van der Waals surface area contributed by atoms with Crippen LogP contribution in [0.5, 0.6) is 0 Å². The van der Waals surface area contributed by atoms with Gasteiger partial charge in [-0.3, -0.25) is 19.9 Å². The van der Waals surface area contributed by atoms with Crippen LogP contribution < -0.4 is 10.6 Å². The Labute approximate surface area is 172 Å². The molecular weight excluding hydrogens is 380 g/mol. The van der Waals surface area contributed by atoms with Crippen molar-refractivity contribution < 1.29 is 9.59 Å². The lowest BCUT2D eigenvalue weighted by molar-refractivity contribution is -0.117. The molecule has 30 heavy (non-hydrogen) atoms. The van der Waals surface area contributed by atoms with Gasteiger partial charge in [-0.15, -0.1) is 5.10 Å². The van der Waals surface area contributed by atoms with Crippen LogP contribution in [0.1, 0.15) is 23.2 Å². The molecule has 5 rings (SSSR count). The Bertz CT molecular complexity index is 1230. The van der Waals surface area contributed by atoms with Crippen molar-refractivity contribution in [2.75, 3.05) is 10.6 Å². The first-order valence-electron chi connectivity index (χ1n) is 9.66. The molecule has 2 N–H and O–H groups in total. The number of hydrogen-bond acceptors (Lipinski definition) is 5. The smallest absolute Gasteiger partial charge is 0.255 e. The molecule has 0 aliphatic heterocycles. The van der Waals surface area contributed by atoms with Crippen LogP contribution in [0, 0.1) is 5.92 Å². The largest absolute Gasteiger partial charge is 0.321 e. The van der Waals surface area contributed by atoms with Crippen LogP contribution in [0.3, 0.4) is 0 Å². The summed E-state index contributed by atoms with van der Waals surface area (Å²) in [7, 11) is 0. The van der Waals surface area contributed by atoms with Crippen molar-refractivity contribution in [3.63, 3.8) is 0 Å². The molecule has 8 heteroatoms. The normalized spacial score (nSPS) is 13.2. The van der Waals surface area contributed by atoms with Gasteiger partial charge in [-0.2, -0.15) is 4.98 Å². The van der Waals surface area contributed by atoms with E-state index in [0.29, 0.717) is 22.8 Å². The Balaban J connectivity index is 1.39. The fraction of sp³-hybridized carbons (Fsp3) is 0.136. The Hall–Kier alpha value is -4.07. The van der Waals surface area contributed by atoms with Crippen molar-refractivity contribution in [3.8, 4) is 11.3 Å². The van der Waals surface area contributed by atoms with Gasteiger partial charge < -0.3 is 5.32 Å². The zero-order valence-corrected chi connectivity index (χ0v) is 15.9. The van der Waals surface area contributed by atoms with Crippen LogP contribution in [-0.4, -0.2) is 31.4 Å². The highest BCUT2D eigenvalue weighted by Crippen LogP contribution is 2.30. The van der Waals surface area contributed by atoms with E-state index < -0.39 is 0 Å². The SMILES string of the molecule is O=C(Nc1cccnc1)c1ccc(-c2cccc3nc(NC(=O)C4CC4)nn23)cc1. The van der Waals surface area contributed by atoms with Crippen LogP contribution in [0.2, 0.25) is 0 Å². The van der Waals surface area contributed by atoms with Gasteiger partial charge in [-0.05, 0) is 49.2 Å². The number of fused-ring (bicyclic) bond motifs is 1. The Morgan fingerprint density at radius 3 is 2.53 bits per heavy atom. The number of amides is 2. The summed E-state index contributed by atoms with van der Waals surface area (Å²) in [5.41, 5.74) is 3.50. The number of carbonyl (C=O) groups is 2. The molecule has 1 fully saturated rings. The van der Waals surface area contributed by atoms with E-state index in [0.717, 1.165) is 24.1 Å². The van der Waals surface area contributed by atoms with E-state index in [1.807, 2.05) is 30.3 Å². The number of rotatable bonds is 5.